The maximum absolute atomic E-state index is 12.1. The van der Waals surface area contributed by atoms with Gasteiger partial charge in [-0.1, -0.05) is 6.07 Å². The van der Waals surface area contributed by atoms with E-state index in [1.807, 2.05) is 6.07 Å². The lowest BCUT2D eigenvalue weighted by Crippen LogP contribution is -2.17. The zero-order chi connectivity index (χ0) is 14.6. The van der Waals surface area contributed by atoms with Crippen molar-refractivity contribution in [2.24, 2.45) is 0 Å². The highest BCUT2D eigenvalue weighted by molar-refractivity contribution is 5.40. The summed E-state index contributed by atoms with van der Waals surface area (Å²) in [5, 5.41) is 3.31. The fraction of sp³-hybridized carbons (Fsp3) is 0.571. The monoisotopic (exact) mass is 289 g/mol. The van der Waals surface area contributed by atoms with Crippen molar-refractivity contribution in [2.75, 3.05) is 13.7 Å². The Morgan fingerprint density at radius 2 is 2.05 bits per heavy atom. The number of halogens is 3. The minimum Gasteiger partial charge on any atom is -0.497 e. The van der Waals surface area contributed by atoms with Gasteiger partial charge >= 0.3 is 6.18 Å². The summed E-state index contributed by atoms with van der Waals surface area (Å²) < 4.78 is 46.8. The smallest absolute Gasteiger partial charge is 0.392 e. The summed E-state index contributed by atoms with van der Waals surface area (Å²) in [6.45, 7) is 0.211. The lowest BCUT2D eigenvalue weighted by Gasteiger charge is -2.14. The first-order chi connectivity index (χ1) is 9.48. The van der Waals surface area contributed by atoms with E-state index in [0.717, 1.165) is 18.4 Å². The molecular weight excluding hydrogens is 271 g/mol. The molecule has 6 heteroatoms. The fourth-order valence-electron chi connectivity index (χ4n) is 1.76. The van der Waals surface area contributed by atoms with Gasteiger partial charge in [-0.25, -0.2) is 0 Å². The highest BCUT2D eigenvalue weighted by atomic mass is 19.4. The molecule has 0 spiro atoms. The van der Waals surface area contributed by atoms with Crippen molar-refractivity contribution in [3.05, 3.63) is 23.8 Å². The Kier molecular flexibility index (Phi) is 4.75. The fourth-order valence-corrected chi connectivity index (χ4v) is 1.76. The van der Waals surface area contributed by atoms with E-state index in [1.54, 1.807) is 12.1 Å². The Morgan fingerprint density at radius 3 is 2.65 bits per heavy atom. The second-order valence-electron chi connectivity index (χ2n) is 4.84. The van der Waals surface area contributed by atoms with Gasteiger partial charge in [-0.15, -0.1) is 0 Å². The van der Waals surface area contributed by atoms with Gasteiger partial charge in [-0.3, -0.25) is 0 Å². The predicted octanol–water partition coefficient (Wildman–Crippen LogP) is 3.28. The van der Waals surface area contributed by atoms with E-state index >= 15 is 0 Å². The van der Waals surface area contributed by atoms with Crippen LogP contribution in [0, 0.1) is 0 Å². The first kappa shape index (κ1) is 15.0. The average molecular weight is 289 g/mol. The van der Waals surface area contributed by atoms with Crippen LogP contribution in [0.1, 0.15) is 24.8 Å². The molecule has 0 saturated heterocycles. The van der Waals surface area contributed by atoms with Crippen molar-refractivity contribution in [3.8, 4) is 11.5 Å². The third-order valence-electron chi connectivity index (χ3n) is 3.08. The molecule has 20 heavy (non-hydrogen) atoms. The molecule has 1 fully saturated rings. The molecule has 0 radical (unpaired) electrons. The molecular formula is C14H18F3NO2. The summed E-state index contributed by atoms with van der Waals surface area (Å²) in [4.78, 5) is 0. The first-order valence-electron chi connectivity index (χ1n) is 6.58. The molecule has 1 aliphatic rings. The van der Waals surface area contributed by atoms with E-state index in [1.165, 1.54) is 7.11 Å². The first-order valence-corrected chi connectivity index (χ1v) is 6.58. The third-order valence-corrected chi connectivity index (χ3v) is 3.08. The Labute approximate surface area is 116 Å². The van der Waals surface area contributed by atoms with Gasteiger partial charge in [0.2, 0.25) is 0 Å². The SMILES string of the molecule is COc1ccc(CNC2CC2)c(OCCC(F)(F)F)c1. The van der Waals surface area contributed by atoms with Crippen molar-refractivity contribution in [3.63, 3.8) is 0 Å². The summed E-state index contributed by atoms with van der Waals surface area (Å²) in [6, 6.07) is 5.75. The third kappa shape index (κ3) is 4.92. The van der Waals surface area contributed by atoms with Crippen LogP contribution in [-0.2, 0) is 6.54 Å². The maximum Gasteiger partial charge on any atom is 0.392 e. The lowest BCUT2D eigenvalue weighted by atomic mass is 10.2. The second kappa shape index (κ2) is 6.35. The highest BCUT2D eigenvalue weighted by Gasteiger charge is 2.27. The van der Waals surface area contributed by atoms with E-state index in [4.69, 9.17) is 9.47 Å². The topological polar surface area (TPSA) is 30.5 Å². The predicted molar refractivity (Wildman–Crippen MR) is 69.0 cm³/mol. The number of methoxy groups -OCH3 is 1. The molecule has 1 aromatic carbocycles. The van der Waals surface area contributed by atoms with Gasteiger partial charge in [0.25, 0.3) is 0 Å². The standard InChI is InChI=1S/C14H18F3NO2/c1-19-12-5-2-10(9-18-11-3-4-11)13(8-12)20-7-6-14(15,16)17/h2,5,8,11,18H,3-4,6-7,9H2,1H3. The molecule has 2 rings (SSSR count). The van der Waals surface area contributed by atoms with Crippen molar-refractivity contribution >= 4 is 0 Å². The summed E-state index contributed by atoms with van der Waals surface area (Å²) in [5.41, 5.74) is 0.847. The number of alkyl halides is 3. The van der Waals surface area contributed by atoms with Crippen molar-refractivity contribution in [2.45, 2.75) is 38.0 Å². The maximum atomic E-state index is 12.1. The van der Waals surface area contributed by atoms with Crippen LogP contribution in [0.5, 0.6) is 11.5 Å². The summed E-state index contributed by atoms with van der Waals surface area (Å²) in [6.07, 6.45) is -2.86. The van der Waals surface area contributed by atoms with Crippen LogP contribution in [0.3, 0.4) is 0 Å². The lowest BCUT2D eigenvalue weighted by molar-refractivity contribution is -0.139. The van der Waals surface area contributed by atoms with E-state index < -0.39 is 12.6 Å². The van der Waals surface area contributed by atoms with E-state index in [2.05, 4.69) is 5.32 Å². The molecule has 1 N–H and O–H groups in total. The molecule has 0 bridgehead atoms. The van der Waals surface area contributed by atoms with Gasteiger partial charge < -0.3 is 14.8 Å². The largest absolute Gasteiger partial charge is 0.497 e. The molecule has 0 unspecified atom stereocenters. The molecule has 1 aliphatic carbocycles. The zero-order valence-corrected chi connectivity index (χ0v) is 11.3. The van der Waals surface area contributed by atoms with Crippen molar-refractivity contribution in [1.29, 1.82) is 0 Å². The highest BCUT2D eigenvalue weighted by Crippen LogP contribution is 2.28. The van der Waals surface area contributed by atoms with Crippen LogP contribution in [-0.4, -0.2) is 25.9 Å². The van der Waals surface area contributed by atoms with Gasteiger partial charge in [0.15, 0.2) is 0 Å². The van der Waals surface area contributed by atoms with Crippen LogP contribution in [0.2, 0.25) is 0 Å². The number of nitrogens with one attached hydrogen (secondary N) is 1. The summed E-state index contributed by atoms with van der Waals surface area (Å²) >= 11 is 0. The van der Waals surface area contributed by atoms with Crippen LogP contribution in [0.4, 0.5) is 13.2 Å². The van der Waals surface area contributed by atoms with Gasteiger partial charge in [-0.2, -0.15) is 13.2 Å². The van der Waals surface area contributed by atoms with Gasteiger partial charge in [-0.05, 0) is 18.9 Å². The van der Waals surface area contributed by atoms with Crippen molar-refractivity contribution in [1.82, 2.24) is 5.32 Å². The Balaban J connectivity index is 1.97. The molecule has 3 nitrogen and oxygen atoms in total. The molecule has 0 heterocycles. The summed E-state index contributed by atoms with van der Waals surface area (Å²) in [5.74, 6) is 1.02. The number of hydrogen-bond donors (Lipinski definition) is 1. The molecule has 1 aromatic rings. The Morgan fingerprint density at radius 1 is 1.30 bits per heavy atom. The zero-order valence-electron chi connectivity index (χ0n) is 11.3. The van der Waals surface area contributed by atoms with Crippen molar-refractivity contribution < 1.29 is 22.6 Å². The second-order valence-corrected chi connectivity index (χ2v) is 4.84. The van der Waals surface area contributed by atoms with E-state index in [-0.39, 0.29) is 6.61 Å². The number of hydrogen-bond acceptors (Lipinski definition) is 3. The minimum atomic E-state index is -4.20. The van der Waals surface area contributed by atoms with Crippen LogP contribution in [0.15, 0.2) is 18.2 Å². The Bertz CT molecular complexity index is 445. The van der Waals surface area contributed by atoms with Crippen LogP contribution < -0.4 is 14.8 Å². The normalized spacial score (nSPS) is 15.2. The van der Waals surface area contributed by atoms with Crippen LogP contribution in [0.25, 0.3) is 0 Å². The number of benzene rings is 1. The molecule has 112 valence electrons. The molecule has 0 aliphatic heterocycles. The summed E-state index contributed by atoms with van der Waals surface area (Å²) in [7, 11) is 1.51. The Hall–Kier alpha value is -1.43. The van der Waals surface area contributed by atoms with E-state index in [0.29, 0.717) is 24.1 Å². The van der Waals surface area contributed by atoms with Gasteiger partial charge in [0.1, 0.15) is 11.5 Å². The van der Waals surface area contributed by atoms with Gasteiger partial charge in [0.05, 0.1) is 20.1 Å². The molecule has 0 atom stereocenters. The number of rotatable bonds is 7. The number of ether oxygens (including phenoxy) is 2. The minimum absolute atomic E-state index is 0.382. The van der Waals surface area contributed by atoms with Gasteiger partial charge in [0, 0.05) is 24.2 Å². The van der Waals surface area contributed by atoms with E-state index in [9.17, 15) is 13.2 Å². The molecule has 0 amide bonds. The molecule has 1 saturated carbocycles. The molecule has 0 aromatic heterocycles. The quantitative estimate of drug-likeness (QED) is 0.835. The van der Waals surface area contributed by atoms with Crippen LogP contribution >= 0.6 is 0 Å². The average Bonchev–Trinajstić information content (AvgIpc) is 3.19.